The van der Waals surface area contributed by atoms with Crippen LogP contribution in [0.25, 0.3) is 0 Å². The Morgan fingerprint density at radius 2 is 1.77 bits per heavy atom. The Kier molecular flexibility index (Phi) is 6.65. The maximum absolute atomic E-state index is 13.3. The number of anilines is 1. The third kappa shape index (κ3) is 4.88. The zero-order valence-electron chi connectivity index (χ0n) is 16.6. The Labute approximate surface area is 182 Å². The molecule has 0 saturated carbocycles. The number of halogens is 1. The molecule has 2 aromatic rings. The van der Waals surface area contributed by atoms with Crippen LogP contribution in [0.4, 0.5) is 14.9 Å². The van der Waals surface area contributed by atoms with Gasteiger partial charge in [0.25, 0.3) is 15.3 Å². The number of methoxy groups -OCH3 is 1. The van der Waals surface area contributed by atoms with Gasteiger partial charge in [-0.25, -0.2) is 17.6 Å². The van der Waals surface area contributed by atoms with E-state index >= 15 is 0 Å². The minimum absolute atomic E-state index is 0.0981. The Morgan fingerprint density at radius 3 is 2.29 bits per heavy atom. The van der Waals surface area contributed by atoms with Crippen LogP contribution in [0.3, 0.4) is 0 Å². The second-order valence-corrected chi connectivity index (χ2v) is 9.70. The monoisotopic (exact) mass is 466 g/mol. The molecule has 1 aliphatic rings. The zero-order chi connectivity index (χ0) is 22.8. The minimum Gasteiger partial charge on any atom is -0.467 e. The number of amides is 2. The highest BCUT2D eigenvalue weighted by atomic mass is 32.2. The largest absolute Gasteiger partial charge is 0.467 e. The van der Waals surface area contributed by atoms with E-state index in [1.807, 2.05) is 0 Å². The van der Waals surface area contributed by atoms with Crippen molar-refractivity contribution < 1.29 is 31.9 Å². The Balaban J connectivity index is 1.92. The van der Waals surface area contributed by atoms with Crippen molar-refractivity contribution in [3.8, 4) is 0 Å². The minimum atomic E-state index is -4.21. The van der Waals surface area contributed by atoms with Gasteiger partial charge in [-0.05, 0) is 55.3 Å². The van der Waals surface area contributed by atoms with Gasteiger partial charge in [0, 0.05) is 0 Å². The number of nitrogens with zero attached hydrogens (tertiary/aromatic N) is 1. The molecule has 3 rings (SSSR count). The van der Waals surface area contributed by atoms with E-state index in [1.54, 1.807) is 0 Å². The van der Waals surface area contributed by atoms with Crippen molar-refractivity contribution in [3.05, 3.63) is 59.9 Å². The molecule has 164 valence electrons. The van der Waals surface area contributed by atoms with Crippen LogP contribution in [0.1, 0.15) is 12.5 Å². The highest BCUT2D eigenvalue weighted by Crippen LogP contribution is 2.28. The van der Waals surface area contributed by atoms with Crippen molar-refractivity contribution >= 4 is 44.6 Å². The van der Waals surface area contributed by atoms with Crippen LogP contribution in [0.2, 0.25) is 0 Å². The second kappa shape index (κ2) is 9.06. The number of nitrogens with one attached hydrogen (secondary N) is 1. The number of carbonyl (C=O) groups excluding carboxylic acids is 3. The number of sulfonamides is 1. The number of thioether (sulfide) groups is 1. The van der Waals surface area contributed by atoms with Crippen LogP contribution in [0.15, 0.2) is 53.4 Å². The van der Waals surface area contributed by atoms with E-state index in [0.717, 1.165) is 35.3 Å². The summed E-state index contributed by atoms with van der Waals surface area (Å²) < 4.78 is 45.6. The molecule has 31 heavy (non-hydrogen) atoms. The quantitative estimate of drug-likeness (QED) is 0.624. The average Bonchev–Trinajstić information content (AvgIpc) is 3.05. The van der Waals surface area contributed by atoms with Crippen molar-refractivity contribution in [2.75, 3.05) is 11.4 Å². The van der Waals surface area contributed by atoms with Gasteiger partial charge in [-0.15, -0.1) is 0 Å². The van der Waals surface area contributed by atoms with E-state index in [0.29, 0.717) is 5.56 Å². The summed E-state index contributed by atoms with van der Waals surface area (Å²) in [6.45, 7) is 1.37. The highest BCUT2D eigenvalue weighted by molar-refractivity contribution is 8.15. The van der Waals surface area contributed by atoms with E-state index in [2.05, 4.69) is 5.32 Å². The SMILES string of the molecule is COC(=O)[C@H](C)N(c1ccc(F)cc1)S(=O)(=O)c1ccc(CC2SC(=O)NC2=O)cc1. The summed E-state index contributed by atoms with van der Waals surface area (Å²) in [5.41, 5.74) is 0.761. The topological polar surface area (TPSA) is 110 Å². The standard InChI is InChI=1S/C20H19FN2O6S2/c1-12(19(25)29-2)23(15-7-5-14(21)6-8-15)31(27,28)16-9-3-13(4-10-16)11-17-18(24)22-20(26)30-17/h3-10,12,17H,11H2,1-2H3,(H,22,24,26)/t12-,17?/m0/s1. The molecule has 0 aromatic heterocycles. The van der Waals surface area contributed by atoms with E-state index in [-0.39, 0.29) is 22.9 Å². The van der Waals surface area contributed by atoms with Crippen molar-refractivity contribution in [1.29, 1.82) is 0 Å². The Hall–Kier alpha value is -2.92. The van der Waals surface area contributed by atoms with E-state index < -0.39 is 38.3 Å². The lowest BCUT2D eigenvalue weighted by molar-refractivity contribution is -0.141. The van der Waals surface area contributed by atoms with Crippen molar-refractivity contribution in [3.63, 3.8) is 0 Å². The van der Waals surface area contributed by atoms with Crippen molar-refractivity contribution in [2.45, 2.75) is 29.5 Å². The van der Waals surface area contributed by atoms with Crippen LogP contribution >= 0.6 is 11.8 Å². The molecule has 1 N–H and O–H groups in total. The lowest BCUT2D eigenvalue weighted by atomic mass is 10.1. The van der Waals surface area contributed by atoms with Gasteiger partial charge in [0.1, 0.15) is 11.9 Å². The summed E-state index contributed by atoms with van der Waals surface area (Å²) in [4.78, 5) is 35.0. The lowest BCUT2D eigenvalue weighted by Crippen LogP contribution is -2.44. The molecule has 8 nitrogen and oxygen atoms in total. The van der Waals surface area contributed by atoms with Gasteiger partial charge in [-0.2, -0.15) is 0 Å². The van der Waals surface area contributed by atoms with E-state index in [1.165, 1.54) is 43.3 Å². The number of hydrogen-bond acceptors (Lipinski definition) is 7. The van der Waals surface area contributed by atoms with Gasteiger partial charge >= 0.3 is 5.97 Å². The van der Waals surface area contributed by atoms with Crippen LogP contribution in [-0.2, 0) is 30.8 Å². The van der Waals surface area contributed by atoms with Crippen LogP contribution in [-0.4, -0.2) is 43.9 Å². The summed E-state index contributed by atoms with van der Waals surface area (Å²) in [6, 6.07) is 9.28. The number of carbonyl (C=O) groups is 3. The first kappa shape index (κ1) is 22.8. The first-order chi connectivity index (χ1) is 14.6. The fourth-order valence-electron chi connectivity index (χ4n) is 3.08. The molecule has 2 atom stereocenters. The molecule has 1 aliphatic heterocycles. The average molecular weight is 467 g/mol. The molecule has 2 aromatic carbocycles. The Bertz CT molecular complexity index is 1100. The van der Waals surface area contributed by atoms with Crippen LogP contribution < -0.4 is 9.62 Å². The zero-order valence-corrected chi connectivity index (χ0v) is 18.2. The van der Waals surface area contributed by atoms with Gasteiger partial charge in [-0.3, -0.25) is 19.2 Å². The third-order valence-electron chi connectivity index (χ3n) is 4.64. The number of ether oxygens (including phenoxy) is 1. The fraction of sp³-hybridized carbons (Fsp3) is 0.250. The summed E-state index contributed by atoms with van der Waals surface area (Å²) >= 11 is 0.883. The van der Waals surface area contributed by atoms with Crippen molar-refractivity contribution in [2.24, 2.45) is 0 Å². The number of esters is 1. The number of rotatable bonds is 7. The molecule has 1 saturated heterocycles. The predicted molar refractivity (Wildman–Crippen MR) is 113 cm³/mol. The van der Waals surface area contributed by atoms with Crippen LogP contribution in [0, 0.1) is 5.82 Å². The predicted octanol–water partition coefficient (Wildman–Crippen LogP) is 2.48. The molecule has 0 spiro atoms. The first-order valence-corrected chi connectivity index (χ1v) is 11.4. The summed E-state index contributed by atoms with van der Waals surface area (Å²) in [5.74, 6) is -1.72. The van der Waals surface area contributed by atoms with Gasteiger partial charge in [0.2, 0.25) is 5.91 Å². The maximum atomic E-state index is 13.3. The molecule has 0 bridgehead atoms. The van der Waals surface area contributed by atoms with Gasteiger partial charge in [0.05, 0.1) is 22.9 Å². The molecule has 0 radical (unpaired) electrons. The van der Waals surface area contributed by atoms with Crippen molar-refractivity contribution in [1.82, 2.24) is 5.32 Å². The molecular weight excluding hydrogens is 447 g/mol. The number of hydrogen-bond donors (Lipinski definition) is 1. The summed E-state index contributed by atoms with van der Waals surface area (Å²) in [6.07, 6.45) is 0.253. The second-order valence-electron chi connectivity index (χ2n) is 6.71. The van der Waals surface area contributed by atoms with E-state index in [4.69, 9.17) is 4.74 Å². The van der Waals surface area contributed by atoms with Crippen LogP contribution in [0.5, 0.6) is 0 Å². The fourth-order valence-corrected chi connectivity index (χ4v) is 5.55. The van der Waals surface area contributed by atoms with E-state index in [9.17, 15) is 27.2 Å². The molecule has 1 fully saturated rings. The third-order valence-corrected chi connectivity index (χ3v) is 7.54. The lowest BCUT2D eigenvalue weighted by Gasteiger charge is -2.29. The molecular formula is C20H19FN2O6S2. The van der Waals surface area contributed by atoms with Gasteiger partial charge < -0.3 is 4.74 Å². The molecule has 0 aliphatic carbocycles. The summed E-state index contributed by atoms with van der Waals surface area (Å²) in [7, 11) is -3.07. The molecule has 11 heteroatoms. The summed E-state index contributed by atoms with van der Waals surface area (Å²) in [5, 5.41) is 1.21. The Morgan fingerprint density at radius 1 is 1.16 bits per heavy atom. The molecule has 1 unspecified atom stereocenters. The number of imide groups is 1. The molecule has 1 heterocycles. The molecule has 2 amide bonds. The van der Waals surface area contributed by atoms with Gasteiger partial charge in [-0.1, -0.05) is 23.9 Å². The maximum Gasteiger partial charge on any atom is 0.329 e. The van der Waals surface area contributed by atoms with Gasteiger partial charge in [0.15, 0.2) is 0 Å². The highest BCUT2D eigenvalue weighted by Gasteiger charge is 2.35. The number of benzene rings is 2. The normalized spacial score (nSPS) is 17.2. The first-order valence-electron chi connectivity index (χ1n) is 9.11. The smallest absolute Gasteiger partial charge is 0.329 e.